The summed E-state index contributed by atoms with van der Waals surface area (Å²) >= 11 is 5.81. The molecule has 100 valence electrons. The molecule has 0 bridgehead atoms. The lowest BCUT2D eigenvalue weighted by Crippen LogP contribution is -2.07. The van der Waals surface area contributed by atoms with E-state index < -0.39 is 9.84 Å². The van der Waals surface area contributed by atoms with Crippen molar-refractivity contribution in [2.45, 2.75) is 11.5 Å². The molecule has 0 aliphatic rings. The summed E-state index contributed by atoms with van der Waals surface area (Å²) in [6, 6.07) is 14.0. The fourth-order valence-corrected chi connectivity index (χ4v) is 3.42. The van der Waals surface area contributed by atoms with Gasteiger partial charge in [-0.1, -0.05) is 48.0 Å². The second kappa shape index (κ2) is 5.63. The summed E-state index contributed by atoms with van der Waals surface area (Å²) in [6.45, 7) is 0. The van der Waals surface area contributed by atoms with Gasteiger partial charge >= 0.3 is 0 Å². The summed E-state index contributed by atoms with van der Waals surface area (Å²) in [4.78, 5) is 0. The molecule has 3 nitrogen and oxygen atoms in total. The molecule has 0 heterocycles. The Hall–Kier alpha value is -1.52. The van der Waals surface area contributed by atoms with Gasteiger partial charge in [0.1, 0.15) is 0 Å². The van der Waals surface area contributed by atoms with Gasteiger partial charge in [0.15, 0.2) is 9.84 Å². The normalized spacial score (nSPS) is 11.4. The van der Waals surface area contributed by atoms with Crippen molar-refractivity contribution in [1.29, 1.82) is 0 Å². The first kappa shape index (κ1) is 13.9. The monoisotopic (exact) mass is 295 g/mol. The van der Waals surface area contributed by atoms with E-state index in [1.165, 1.54) is 0 Å². The molecule has 19 heavy (non-hydrogen) atoms. The van der Waals surface area contributed by atoms with Crippen molar-refractivity contribution in [1.82, 2.24) is 0 Å². The second-order valence-electron chi connectivity index (χ2n) is 4.37. The molecule has 0 saturated heterocycles. The molecule has 0 radical (unpaired) electrons. The first-order valence-corrected chi connectivity index (χ1v) is 7.94. The van der Waals surface area contributed by atoms with E-state index in [9.17, 15) is 8.42 Å². The number of rotatable bonds is 4. The minimum atomic E-state index is -3.22. The standard InChI is InChI=1S/C14H14ClNO2S/c15-13-7-6-12(8-14(13)16)10-19(17,18)9-11-4-2-1-3-5-11/h1-8H,9-10,16H2. The zero-order valence-corrected chi connectivity index (χ0v) is 11.8. The SMILES string of the molecule is Nc1cc(CS(=O)(=O)Cc2ccccc2)ccc1Cl. The Morgan fingerprint density at radius 2 is 1.58 bits per heavy atom. The van der Waals surface area contributed by atoms with Gasteiger partial charge in [-0.2, -0.15) is 0 Å². The third-order valence-corrected chi connectivity index (χ3v) is 4.57. The highest BCUT2D eigenvalue weighted by molar-refractivity contribution is 7.89. The molecule has 0 spiro atoms. The Bertz CT molecular complexity index is 669. The Kier molecular flexibility index (Phi) is 4.12. The fourth-order valence-electron chi connectivity index (χ4n) is 1.82. The van der Waals surface area contributed by atoms with E-state index in [-0.39, 0.29) is 11.5 Å². The quantitative estimate of drug-likeness (QED) is 0.882. The molecule has 0 aliphatic heterocycles. The smallest absolute Gasteiger partial charge is 0.158 e. The Labute approximate surface area is 117 Å². The van der Waals surface area contributed by atoms with Crippen molar-refractivity contribution in [3.05, 3.63) is 64.7 Å². The lowest BCUT2D eigenvalue weighted by Gasteiger charge is -2.06. The zero-order valence-electron chi connectivity index (χ0n) is 10.2. The third-order valence-electron chi connectivity index (χ3n) is 2.68. The van der Waals surface area contributed by atoms with Crippen LogP contribution < -0.4 is 5.73 Å². The lowest BCUT2D eigenvalue weighted by atomic mass is 10.2. The van der Waals surface area contributed by atoms with Gasteiger partial charge in [-0.25, -0.2) is 8.42 Å². The summed E-state index contributed by atoms with van der Waals surface area (Å²) in [5.74, 6) is -0.0143. The van der Waals surface area contributed by atoms with Crippen LogP contribution in [0.5, 0.6) is 0 Å². The molecule has 5 heteroatoms. The van der Waals surface area contributed by atoms with Crippen LogP contribution in [0.1, 0.15) is 11.1 Å². The van der Waals surface area contributed by atoms with E-state index in [4.69, 9.17) is 17.3 Å². The first-order valence-electron chi connectivity index (χ1n) is 5.74. The van der Waals surface area contributed by atoms with Crippen molar-refractivity contribution in [3.8, 4) is 0 Å². The minimum Gasteiger partial charge on any atom is -0.398 e. The molecule has 0 amide bonds. The van der Waals surface area contributed by atoms with Crippen molar-refractivity contribution < 1.29 is 8.42 Å². The summed E-state index contributed by atoms with van der Waals surface area (Å²) in [6.07, 6.45) is 0. The summed E-state index contributed by atoms with van der Waals surface area (Å²) < 4.78 is 24.2. The Balaban J connectivity index is 2.15. The maximum atomic E-state index is 12.1. The van der Waals surface area contributed by atoms with Gasteiger partial charge in [0.2, 0.25) is 0 Å². The Morgan fingerprint density at radius 1 is 0.947 bits per heavy atom. The van der Waals surface area contributed by atoms with Gasteiger partial charge in [-0.15, -0.1) is 0 Å². The highest BCUT2D eigenvalue weighted by Crippen LogP contribution is 2.21. The largest absolute Gasteiger partial charge is 0.398 e. The van der Waals surface area contributed by atoms with Gasteiger partial charge in [-0.05, 0) is 23.3 Å². The summed E-state index contributed by atoms with van der Waals surface area (Å²) in [5.41, 5.74) is 7.50. The van der Waals surface area contributed by atoms with Crippen molar-refractivity contribution >= 4 is 27.1 Å². The number of halogens is 1. The maximum Gasteiger partial charge on any atom is 0.158 e. The zero-order chi connectivity index (χ0) is 13.9. The van der Waals surface area contributed by atoms with E-state index in [0.717, 1.165) is 5.56 Å². The Morgan fingerprint density at radius 3 is 2.21 bits per heavy atom. The average molecular weight is 296 g/mol. The van der Waals surface area contributed by atoms with Gasteiger partial charge in [-0.3, -0.25) is 0 Å². The minimum absolute atomic E-state index is 0.0242. The number of hydrogen-bond donors (Lipinski definition) is 1. The predicted octanol–water partition coefficient (Wildman–Crippen LogP) is 3.04. The molecule has 2 aromatic rings. The van der Waals surface area contributed by atoms with Crippen LogP contribution in [-0.4, -0.2) is 8.42 Å². The molecule has 2 rings (SSSR count). The third kappa shape index (κ3) is 3.98. The van der Waals surface area contributed by atoms with Crippen LogP contribution in [0.25, 0.3) is 0 Å². The lowest BCUT2D eigenvalue weighted by molar-refractivity contribution is 0.594. The van der Waals surface area contributed by atoms with Gasteiger partial charge in [0.05, 0.1) is 22.2 Å². The second-order valence-corrected chi connectivity index (χ2v) is 6.85. The van der Waals surface area contributed by atoms with E-state index in [1.54, 1.807) is 30.3 Å². The molecule has 0 unspecified atom stereocenters. The molecule has 2 aromatic carbocycles. The van der Waals surface area contributed by atoms with Crippen LogP contribution in [0.3, 0.4) is 0 Å². The van der Waals surface area contributed by atoms with Gasteiger partial charge < -0.3 is 5.73 Å². The van der Waals surface area contributed by atoms with Crippen molar-refractivity contribution in [2.75, 3.05) is 5.73 Å². The van der Waals surface area contributed by atoms with Crippen LogP contribution in [0, 0.1) is 0 Å². The summed E-state index contributed by atoms with van der Waals surface area (Å²) in [5, 5.41) is 0.434. The van der Waals surface area contributed by atoms with Crippen LogP contribution in [0.4, 0.5) is 5.69 Å². The molecule has 0 fully saturated rings. The maximum absolute atomic E-state index is 12.1. The van der Waals surface area contributed by atoms with Crippen LogP contribution >= 0.6 is 11.6 Å². The number of nitrogens with two attached hydrogens (primary N) is 1. The molecule has 0 aromatic heterocycles. The highest BCUT2D eigenvalue weighted by atomic mass is 35.5. The molecular formula is C14H14ClNO2S. The molecule has 0 atom stereocenters. The topological polar surface area (TPSA) is 60.2 Å². The first-order chi connectivity index (χ1) is 8.96. The molecule has 0 aliphatic carbocycles. The van der Waals surface area contributed by atoms with Gasteiger partial charge in [0.25, 0.3) is 0 Å². The van der Waals surface area contributed by atoms with Crippen LogP contribution in [0.15, 0.2) is 48.5 Å². The fraction of sp³-hybridized carbons (Fsp3) is 0.143. The number of anilines is 1. The van der Waals surface area contributed by atoms with E-state index in [2.05, 4.69) is 0 Å². The molecule has 2 N–H and O–H groups in total. The number of nitrogen functional groups attached to an aromatic ring is 1. The molecule has 0 saturated carbocycles. The average Bonchev–Trinajstić information content (AvgIpc) is 2.34. The predicted molar refractivity (Wildman–Crippen MR) is 78.6 cm³/mol. The number of hydrogen-bond acceptors (Lipinski definition) is 3. The van der Waals surface area contributed by atoms with E-state index in [0.29, 0.717) is 16.3 Å². The summed E-state index contributed by atoms with van der Waals surface area (Å²) in [7, 11) is -3.22. The van der Waals surface area contributed by atoms with Crippen molar-refractivity contribution in [2.24, 2.45) is 0 Å². The van der Waals surface area contributed by atoms with Gasteiger partial charge in [0, 0.05) is 0 Å². The van der Waals surface area contributed by atoms with E-state index >= 15 is 0 Å². The van der Waals surface area contributed by atoms with E-state index in [1.807, 2.05) is 18.2 Å². The molecular weight excluding hydrogens is 282 g/mol. The van der Waals surface area contributed by atoms with Crippen molar-refractivity contribution in [3.63, 3.8) is 0 Å². The number of benzene rings is 2. The van der Waals surface area contributed by atoms with Crippen LogP contribution in [0.2, 0.25) is 5.02 Å². The number of sulfone groups is 1. The van der Waals surface area contributed by atoms with Crippen LogP contribution in [-0.2, 0) is 21.3 Å². The highest BCUT2D eigenvalue weighted by Gasteiger charge is 2.13.